The quantitative estimate of drug-likeness (QED) is 0.815. The number of halogens is 1. The molecule has 0 saturated carbocycles. The Labute approximate surface area is 87.4 Å². The zero-order valence-corrected chi connectivity index (χ0v) is 8.50. The number of ether oxygens (including phenoxy) is 2. The van der Waals surface area contributed by atoms with Crippen LogP contribution in [0.1, 0.15) is 5.56 Å². The van der Waals surface area contributed by atoms with Crippen molar-refractivity contribution in [3.05, 3.63) is 29.6 Å². The van der Waals surface area contributed by atoms with Crippen molar-refractivity contribution >= 4 is 0 Å². The van der Waals surface area contributed by atoms with E-state index in [1.165, 1.54) is 13.2 Å². The van der Waals surface area contributed by atoms with Gasteiger partial charge in [0.15, 0.2) is 11.6 Å². The molecule has 15 heavy (non-hydrogen) atoms. The van der Waals surface area contributed by atoms with E-state index in [0.29, 0.717) is 13.2 Å². The van der Waals surface area contributed by atoms with Crippen LogP contribution in [0.5, 0.6) is 5.75 Å². The Balaban J connectivity index is 2.33. The van der Waals surface area contributed by atoms with Crippen molar-refractivity contribution in [1.29, 1.82) is 0 Å². The summed E-state index contributed by atoms with van der Waals surface area (Å²) in [5.41, 5.74) is 0.335. The molecule has 0 unspecified atom stereocenters. The molecule has 2 rings (SSSR count). The van der Waals surface area contributed by atoms with Crippen LogP contribution < -0.4 is 4.74 Å². The van der Waals surface area contributed by atoms with E-state index in [-0.39, 0.29) is 12.4 Å². The van der Waals surface area contributed by atoms with Gasteiger partial charge < -0.3 is 14.6 Å². The highest BCUT2D eigenvalue weighted by molar-refractivity contribution is 5.35. The van der Waals surface area contributed by atoms with Crippen molar-refractivity contribution in [2.24, 2.45) is 0 Å². The summed E-state index contributed by atoms with van der Waals surface area (Å²) in [7, 11) is 1.42. The second kappa shape index (κ2) is 3.79. The minimum atomic E-state index is -0.424. The summed E-state index contributed by atoms with van der Waals surface area (Å²) in [6.45, 7) is 0.851. The van der Waals surface area contributed by atoms with Gasteiger partial charge in [-0.2, -0.15) is 0 Å². The smallest absolute Gasteiger partial charge is 0.165 e. The van der Waals surface area contributed by atoms with E-state index in [0.717, 1.165) is 5.56 Å². The Kier molecular flexibility index (Phi) is 2.63. The van der Waals surface area contributed by atoms with Crippen LogP contribution in [-0.4, -0.2) is 32.0 Å². The zero-order chi connectivity index (χ0) is 10.9. The van der Waals surface area contributed by atoms with E-state index < -0.39 is 11.2 Å². The average molecular weight is 212 g/mol. The molecule has 1 aliphatic heterocycles. The van der Waals surface area contributed by atoms with Gasteiger partial charge in [-0.15, -0.1) is 0 Å². The molecule has 1 heterocycles. The summed E-state index contributed by atoms with van der Waals surface area (Å²) in [6.07, 6.45) is 0. The SMILES string of the molecule is COc1ccc(C2(CO)COC2)cc1F. The van der Waals surface area contributed by atoms with Crippen molar-refractivity contribution in [3.8, 4) is 5.75 Å². The maximum atomic E-state index is 13.4. The zero-order valence-electron chi connectivity index (χ0n) is 8.50. The summed E-state index contributed by atoms with van der Waals surface area (Å²) in [4.78, 5) is 0. The van der Waals surface area contributed by atoms with E-state index in [9.17, 15) is 9.50 Å². The molecule has 0 spiro atoms. The largest absolute Gasteiger partial charge is 0.494 e. The normalized spacial score (nSPS) is 18.3. The fourth-order valence-electron chi connectivity index (χ4n) is 1.69. The van der Waals surface area contributed by atoms with E-state index >= 15 is 0 Å². The molecule has 1 aromatic carbocycles. The predicted octanol–water partition coefficient (Wildman–Crippen LogP) is 1.09. The second-order valence-electron chi connectivity index (χ2n) is 3.78. The molecule has 82 valence electrons. The van der Waals surface area contributed by atoms with Gasteiger partial charge in [0.25, 0.3) is 0 Å². The molecule has 0 amide bonds. The lowest BCUT2D eigenvalue weighted by molar-refractivity contribution is -0.0842. The summed E-state index contributed by atoms with van der Waals surface area (Å²) >= 11 is 0. The van der Waals surface area contributed by atoms with Crippen molar-refractivity contribution in [3.63, 3.8) is 0 Å². The van der Waals surface area contributed by atoms with Gasteiger partial charge in [0, 0.05) is 0 Å². The molecule has 3 nitrogen and oxygen atoms in total. The lowest BCUT2D eigenvalue weighted by Gasteiger charge is -2.40. The van der Waals surface area contributed by atoms with Crippen molar-refractivity contribution in [1.82, 2.24) is 0 Å². The molecule has 1 saturated heterocycles. The monoisotopic (exact) mass is 212 g/mol. The third-order valence-corrected chi connectivity index (χ3v) is 2.82. The van der Waals surface area contributed by atoms with E-state index in [4.69, 9.17) is 9.47 Å². The van der Waals surface area contributed by atoms with Crippen LogP contribution in [0.15, 0.2) is 18.2 Å². The summed E-state index contributed by atoms with van der Waals surface area (Å²) in [5, 5.41) is 9.27. The lowest BCUT2D eigenvalue weighted by Crippen LogP contribution is -2.49. The molecule has 1 N–H and O–H groups in total. The van der Waals surface area contributed by atoms with E-state index in [2.05, 4.69) is 0 Å². The van der Waals surface area contributed by atoms with Crippen LogP contribution >= 0.6 is 0 Å². The molecular formula is C11H13FO3. The number of hydrogen-bond donors (Lipinski definition) is 1. The number of hydrogen-bond acceptors (Lipinski definition) is 3. The van der Waals surface area contributed by atoms with Gasteiger partial charge in [-0.05, 0) is 17.7 Å². The van der Waals surface area contributed by atoms with Gasteiger partial charge >= 0.3 is 0 Å². The Hall–Kier alpha value is -1.13. The third-order valence-electron chi connectivity index (χ3n) is 2.82. The minimum Gasteiger partial charge on any atom is -0.494 e. The lowest BCUT2D eigenvalue weighted by atomic mass is 9.79. The number of methoxy groups -OCH3 is 1. The highest BCUT2D eigenvalue weighted by Crippen LogP contribution is 2.33. The molecule has 1 aromatic rings. The molecule has 0 bridgehead atoms. The molecule has 0 atom stereocenters. The van der Waals surface area contributed by atoms with Crippen LogP contribution in [0.3, 0.4) is 0 Å². The Morgan fingerprint density at radius 1 is 1.53 bits per heavy atom. The van der Waals surface area contributed by atoms with Gasteiger partial charge in [-0.25, -0.2) is 4.39 Å². The average Bonchev–Trinajstić information content (AvgIpc) is 2.17. The highest BCUT2D eigenvalue weighted by Gasteiger charge is 2.40. The molecule has 0 aromatic heterocycles. The first-order valence-electron chi connectivity index (χ1n) is 4.74. The minimum absolute atomic E-state index is 0.0290. The maximum absolute atomic E-state index is 13.4. The van der Waals surface area contributed by atoms with Crippen LogP contribution in [-0.2, 0) is 10.2 Å². The predicted molar refractivity (Wildman–Crippen MR) is 52.5 cm³/mol. The van der Waals surface area contributed by atoms with Crippen molar-refractivity contribution < 1.29 is 19.0 Å². The van der Waals surface area contributed by atoms with E-state index in [1.54, 1.807) is 12.1 Å². The maximum Gasteiger partial charge on any atom is 0.165 e. The Morgan fingerprint density at radius 3 is 2.67 bits per heavy atom. The van der Waals surface area contributed by atoms with Gasteiger partial charge in [0.2, 0.25) is 0 Å². The Bertz CT molecular complexity index is 355. The number of aliphatic hydroxyl groups is 1. The standard InChI is InChI=1S/C11H13FO3/c1-14-10-3-2-8(4-9(10)12)11(5-13)6-15-7-11/h2-4,13H,5-7H2,1H3. The third kappa shape index (κ3) is 1.60. The topological polar surface area (TPSA) is 38.7 Å². The second-order valence-corrected chi connectivity index (χ2v) is 3.78. The molecular weight excluding hydrogens is 199 g/mol. The number of aliphatic hydroxyl groups excluding tert-OH is 1. The first kappa shape index (κ1) is 10.4. The fourth-order valence-corrected chi connectivity index (χ4v) is 1.69. The number of rotatable bonds is 3. The van der Waals surface area contributed by atoms with Gasteiger partial charge in [0.1, 0.15) is 0 Å². The van der Waals surface area contributed by atoms with Crippen molar-refractivity contribution in [2.45, 2.75) is 5.41 Å². The molecule has 0 radical (unpaired) electrons. The van der Waals surface area contributed by atoms with E-state index in [1.807, 2.05) is 0 Å². The summed E-state index contributed by atoms with van der Waals surface area (Å²) in [6, 6.07) is 4.73. The molecule has 0 aliphatic carbocycles. The van der Waals surface area contributed by atoms with Gasteiger partial charge in [-0.3, -0.25) is 0 Å². The van der Waals surface area contributed by atoms with Crippen LogP contribution in [0.25, 0.3) is 0 Å². The van der Waals surface area contributed by atoms with Crippen LogP contribution in [0.2, 0.25) is 0 Å². The van der Waals surface area contributed by atoms with Crippen LogP contribution in [0, 0.1) is 5.82 Å². The highest BCUT2D eigenvalue weighted by atomic mass is 19.1. The first-order valence-corrected chi connectivity index (χ1v) is 4.74. The van der Waals surface area contributed by atoms with Gasteiger partial charge in [0.05, 0.1) is 32.3 Å². The number of benzene rings is 1. The van der Waals surface area contributed by atoms with Crippen molar-refractivity contribution in [2.75, 3.05) is 26.9 Å². The van der Waals surface area contributed by atoms with Gasteiger partial charge in [-0.1, -0.05) is 6.07 Å². The fraction of sp³-hybridized carbons (Fsp3) is 0.455. The summed E-state index contributed by atoms with van der Waals surface area (Å²) < 4.78 is 23.3. The Morgan fingerprint density at radius 2 is 2.27 bits per heavy atom. The van der Waals surface area contributed by atoms with Crippen LogP contribution in [0.4, 0.5) is 4.39 Å². The molecule has 1 aliphatic rings. The summed E-state index contributed by atoms with van der Waals surface area (Å²) in [5.74, 6) is -0.193. The molecule has 4 heteroatoms. The first-order chi connectivity index (χ1) is 7.22. The molecule has 1 fully saturated rings.